The molecule has 1 aromatic heterocycles. The van der Waals surface area contributed by atoms with Crippen molar-refractivity contribution >= 4 is 22.7 Å². The highest BCUT2D eigenvalue weighted by atomic mass is 32.2. The summed E-state index contributed by atoms with van der Waals surface area (Å²) in [5, 5.41) is 1.12. The zero-order chi connectivity index (χ0) is 13.1. The van der Waals surface area contributed by atoms with E-state index in [0.717, 1.165) is 22.2 Å². The van der Waals surface area contributed by atoms with Gasteiger partial charge in [-0.1, -0.05) is 36.4 Å². The highest BCUT2D eigenvalue weighted by molar-refractivity contribution is 7.98. The van der Waals surface area contributed by atoms with Crippen LogP contribution in [0.15, 0.2) is 65.7 Å². The van der Waals surface area contributed by atoms with Gasteiger partial charge in [-0.15, -0.1) is 11.8 Å². The van der Waals surface area contributed by atoms with Crippen LogP contribution in [-0.4, -0.2) is 4.98 Å². The summed E-state index contributed by atoms with van der Waals surface area (Å²) in [6, 6.07) is 16.9. The van der Waals surface area contributed by atoms with Gasteiger partial charge in [0.1, 0.15) is 5.82 Å². The lowest BCUT2D eigenvalue weighted by molar-refractivity contribution is 0.602. The molecule has 0 bridgehead atoms. The number of hydrogen-bond acceptors (Lipinski definition) is 2. The Balaban J connectivity index is 1.88. The molecule has 0 unspecified atom stereocenters. The minimum absolute atomic E-state index is 0.166. The normalized spacial score (nSPS) is 10.8. The van der Waals surface area contributed by atoms with Crippen molar-refractivity contribution in [2.75, 3.05) is 0 Å². The molecule has 0 atom stereocenters. The lowest BCUT2D eigenvalue weighted by Gasteiger charge is -2.06. The number of rotatable bonds is 3. The van der Waals surface area contributed by atoms with E-state index in [1.807, 2.05) is 36.4 Å². The summed E-state index contributed by atoms with van der Waals surface area (Å²) in [6.45, 7) is 0. The fourth-order valence-electron chi connectivity index (χ4n) is 2.00. The van der Waals surface area contributed by atoms with Crippen LogP contribution in [0.5, 0.6) is 0 Å². The van der Waals surface area contributed by atoms with Crippen LogP contribution in [0.25, 0.3) is 10.9 Å². The van der Waals surface area contributed by atoms with Gasteiger partial charge in [-0.3, -0.25) is 4.98 Å². The predicted octanol–water partition coefficient (Wildman–Crippen LogP) is 4.67. The Kier molecular flexibility index (Phi) is 3.47. The van der Waals surface area contributed by atoms with Crippen LogP contribution in [-0.2, 0) is 5.75 Å². The van der Waals surface area contributed by atoms with Crippen molar-refractivity contribution in [3.05, 3.63) is 72.2 Å². The largest absolute Gasteiger partial charge is 0.256 e. The third-order valence-electron chi connectivity index (χ3n) is 2.94. The highest BCUT2D eigenvalue weighted by Crippen LogP contribution is 2.27. The van der Waals surface area contributed by atoms with E-state index in [1.165, 1.54) is 17.8 Å². The first-order chi connectivity index (χ1) is 9.34. The molecule has 3 heteroatoms. The Morgan fingerprint density at radius 2 is 1.79 bits per heavy atom. The van der Waals surface area contributed by atoms with Crippen LogP contribution < -0.4 is 0 Å². The minimum Gasteiger partial charge on any atom is -0.256 e. The zero-order valence-corrected chi connectivity index (χ0v) is 11.0. The molecule has 1 heterocycles. The van der Waals surface area contributed by atoms with Gasteiger partial charge < -0.3 is 0 Å². The fraction of sp³-hybridized carbons (Fsp3) is 0.0625. The molecule has 3 aromatic rings. The molecular weight excluding hydrogens is 257 g/mol. The average molecular weight is 269 g/mol. The van der Waals surface area contributed by atoms with Gasteiger partial charge >= 0.3 is 0 Å². The molecule has 0 aliphatic carbocycles. The van der Waals surface area contributed by atoms with Crippen molar-refractivity contribution in [3.63, 3.8) is 0 Å². The second kappa shape index (κ2) is 5.41. The summed E-state index contributed by atoms with van der Waals surface area (Å²) in [6.07, 6.45) is 1.79. The minimum atomic E-state index is -0.166. The van der Waals surface area contributed by atoms with E-state index in [1.54, 1.807) is 18.3 Å². The van der Waals surface area contributed by atoms with Gasteiger partial charge in [0.25, 0.3) is 0 Å². The summed E-state index contributed by atoms with van der Waals surface area (Å²) in [4.78, 5) is 5.09. The maximum atomic E-state index is 13.6. The van der Waals surface area contributed by atoms with E-state index in [2.05, 4.69) is 4.98 Å². The first-order valence-corrected chi connectivity index (χ1v) is 7.03. The van der Waals surface area contributed by atoms with Crippen molar-refractivity contribution in [1.29, 1.82) is 0 Å². The van der Waals surface area contributed by atoms with Gasteiger partial charge in [-0.25, -0.2) is 4.39 Å². The van der Waals surface area contributed by atoms with E-state index in [-0.39, 0.29) is 5.82 Å². The molecular formula is C16H12FNS. The number of pyridine rings is 1. The van der Waals surface area contributed by atoms with Crippen LogP contribution in [0.4, 0.5) is 4.39 Å². The number of aromatic nitrogens is 1. The molecule has 0 saturated carbocycles. The average Bonchev–Trinajstić information content (AvgIpc) is 2.46. The SMILES string of the molecule is Fc1ccccc1SCc1cccc2cccnc12. The first kappa shape index (κ1) is 12.2. The molecule has 0 radical (unpaired) electrons. The van der Waals surface area contributed by atoms with Crippen LogP contribution >= 0.6 is 11.8 Å². The summed E-state index contributed by atoms with van der Waals surface area (Å²) in [5.74, 6) is 0.552. The summed E-state index contributed by atoms with van der Waals surface area (Å²) in [5.41, 5.74) is 2.13. The fourth-order valence-corrected chi connectivity index (χ4v) is 2.93. The molecule has 0 spiro atoms. The number of nitrogens with zero attached hydrogens (tertiary/aromatic N) is 1. The molecule has 0 N–H and O–H groups in total. The van der Waals surface area contributed by atoms with Crippen molar-refractivity contribution in [1.82, 2.24) is 4.98 Å². The monoisotopic (exact) mass is 269 g/mol. The molecule has 0 fully saturated rings. The maximum absolute atomic E-state index is 13.6. The Morgan fingerprint density at radius 3 is 2.68 bits per heavy atom. The van der Waals surface area contributed by atoms with Crippen molar-refractivity contribution < 1.29 is 4.39 Å². The molecule has 3 rings (SSSR count). The molecule has 0 saturated heterocycles. The number of benzene rings is 2. The third kappa shape index (κ3) is 2.61. The van der Waals surface area contributed by atoms with Crippen molar-refractivity contribution in [3.8, 4) is 0 Å². The molecule has 0 aliphatic heterocycles. The van der Waals surface area contributed by atoms with E-state index in [9.17, 15) is 4.39 Å². The van der Waals surface area contributed by atoms with E-state index >= 15 is 0 Å². The lowest BCUT2D eigenvalue weighted by Crippen LogP contribution is -1.88. The van der Waals surface area contributed by atoms with E-state index < -0.39 is 0 Å². The first-order valence-electron chi connectivity index (χ1n) is 6.04. The van der Waals surface area contributed by atoms with Crippen molar-refractivity contribution in [2.24, 2.45) is 0 Å². The third-order valence-corrected chi connectivity index (χ3v) is 4.03. The molecule has 2 aromatic carbocycles. The standard InChI is InChI=1S/C16H12FNS/c17-14-8-1-2-9-15(14)19-11-13-6-3-5-12-7-4-10-18-16(12)13/h1-10H,11H2. The van der Waals surface area contributed by atoms with Crippen molar-refractivity contribution in [2.45, 2.75) is 10.6 Å². The van der Waals surface area contributed by atoms with Crippen LogP contribution in [0, 0.1) is 5.82 Å². The number of para-hydroxylation sites is 1. The van der Waals surface area contributed by atoms with Crippen LogP contribution in [0.1, 0.15) is 5.56 Å². The number of halogens is 1. The van der Waals surface area contributed by atoms with Gasteiger partial charge in [-0.2, -0.15) is 0 Å². The Labute approximate surface area is 115 Å². The molecule has 19 heavy (non-hydrogen) atoms. The highest BCUT2D eigenvalue weighted by Gasteiger charge is 2.05. The zero-order valence-electron chi connectivity index (χ0n) is 10.2. The van der Waals surface area contributed by atoms with Crippen LogP contribution in [0.2, 0.25) is 0 Å². The summed E-state index contributed by atoms with van der Waals surface area (Å²) in [7, 11) is 0. The van der Waals surface area contributed by atoms with Gasteiger partial charge in [0.15, 0.2) is 0 Å². The number of thioether (sulfide) groups is 1. The Morgan fingerprint density at radius 1 is 0.947 bits per heavy atom. The Hall–Kier alpha value is -1.87. The predicted molar refractivity (Wildman–Crippen MR) is 77.7 cm³/mol. The molecule has 0 aliphatic rings. The van der Waals surface area contributed by atoms with Gasteiger partial charge in [0, 0.05) is 22.2 Å². The molecule has 1 nitrogen and oxygen atoms in total. The molecule has 0 amide bonds. The topological polar surface area (TPSA) is 12.9 Å². The molecule has 94 valence electrons. The smallest absolute Gasteiger partial charge is 0.136 e. The van der Waals surface area contributed by atoms with Gasteiger partial charge in [0.2, 0.25) is 0 Å². The Bertz CT molecular complexity index is 706. The quantitative estimate of drug-likeness (QED) is 0.641. The van der Waals surface area contributed by atoms with E-state index in [4.69, 9.17) is 0 Å². The van der Waals surface area contributed by atoms with E-state index in [0.29, 0.717) is 4.90 Å². The maximum Gasteiger partial charge on any atom is 0.136 e. The van der Waals surface area contributed by atoms with Gasteiger partial charge in [-0.05, 0) is 23.8 Å². The number of fused-ring (bicyclic) bond motifs is 1. The second-order valence-corrected chi connectivity index (χ2v) is 5.23. The van der Waals surface area contributed by atoms with Gasteiger partial charge in [0.05, 0.1) is 5.52 Å². The number of hydrogen-bond donors (Lipinski definition) is 0. The summed E-state index contributed by atoms with van der Waals surface area (Å²) < 4.78 is 13.6. The van der Waals surface area contributed by atoms with Crippen LogP contribution in [0.3, 0.4) is 0 Å². The second-order valence-electron chi connectivity index (χ2n) is 4.21. The summed E-state index contributed by atoms with van der Waals surface area (Å²) >= 11 is 1.50. The lowest BCUT2D eigenvalue weighted by atomic mass is 10.1.